The van der Waals surface area contributed by atoms with E-state index in [1.807, 2.05) is 19.1 Å². The van der Waals surface area contributed by atoms with E-state index in [0.717, 1.165) is 11.9 Å². The smallest absolute Gasteiger partial charge is 0.146 e. The first-order valence-corrected chi connectivity index (χ1v) is 3.23. The summed E-state index contributed by atoms with van der Waals surface area (Å²) in [7, 11) is 0. The van der Waals surface area contributed by atoms with E-state index >= 15 is 0 Å². The molecule has 0 amide bonds. The lowest BCUT2D eigenvalue weighted by Gasteiger charge is -1.88. The molecule has 0 heterocycles. The Morgan fingerprint density at radius 1 is 1.60 bits per heavy atom. The predicted octanol–water partition coefficient (Wildman–Crippen LogP) is 2.26. The highest BCUT2D eigenvalue weighted by molar-refractivity contribution is 5.73. The molecular weight excluding hydrogens is 124 g/mol. The average molecular weight is 136 g/mol. The van der Waals surface area contributed by atoms with Gasteiger partial charge in [-0.2, -0.15) is 0 Å². The Labute approximate surface area is 61.8 Å². The lowest BCUT2D eigenvalue weighted by molar-refractivity contribution is -0.105. The van der Waals surface area contributed by atoms with E-state index in [-0.39, 0.29) is 0 Å². The van der Waals surface area contributed by atoms with Crippen LogP contribution in [0.5, 0.6) is 0 Å². The molecule has 0 aliphatic rings. The number of rotatable bonds is 4. The third-order valence-corrected chi connectivity index (χ3v) is 1.15. The summed E-state index contributed by atoms with van der Waals surface area (Å²) >= 11 is 0. The van der Waals surface area contributed by atoms with Gasteiger partial charge in [0.15, 0.2) is 0 Å². The third-order valence-electron chi connectivity index (χ3n) is 1.15. The molecule has 54 valence electrons. The van der Waals surface area contributed by atoms with Gasteiger partial charge in [-0.05, 0) is 18.9 Å². The molecule has 0 saturated heterocycles. The molecule has 0 rings (SSSR count). The van der Waals surface area contributed by atoms with E-state index in [1.165, 1.54) is 0 Å². The van der Waals surface area contributed by atoms with Crippen molar-refractivity contribution in [2.75, 3.05) is 0 Å². The molecule has 0 spiro atoms. The Morgan fingerprint density at radius 3 is 2.70 bits per heavy atom. The molecular formula is C9H12O. The van der Waals surface area contributed by atoms with Gasteiger partial charge in [0, 0.05) is 0 Å². The standard InChI is InChI=1S/C9H12O/c1-3-5-6-7-9(4-2)8-10/h3-6,8H,1,7H2,2H3/b6-5-,9-4+. The lowest BCUT2D eigenvalue weighted by Crippen LogP contribution is -1.79. The van der Waals surface area contributed by atoms with Gasteiger partial charge >= 0.3 is 0 Å². The number of hydrogen-bond donors (Lipinski definition) is 0. The summed E-state index contributed by atoms with van der Waals surface area (Å²) in [5.74, 6) is 0. The van der Waals surface area contributed by atoms with Gasteiger partial charge in [-0.3, -0.25) is 4.79 Å². The van der Waals surface area contributed by atoms with E-state index in [4.69, 9.17) is 0 Å². The van der Waals surface area contributed by atoms with E-state index in [1.54, 1.807) is 12.2 Å². The van der Waals surface area contributed by atoms with Gasteiger partial charge in [0.2, 0.25) is 0 Å². The summed E-state index contributed by atoms with van der Waals surface area (Å²) in [6, 6.07) is 0. The summed E-state index contributed by atoms with van der Waals surface area (Å²) in [5.41, 5.74) is 0.804. The molecule has 0 radical (unpaired) electrons. The second-order valence-corrected chi connectivity index (χ2v) is 1.85. The first kappa shape index (κ1) is 8.89. The summed E-state index contributed by atoms with van der Waals surface area (Å²) < 4.78 is 0. The maximum atomic E-state index is 10.2. The van der Waals surface area contributed by atoms with E-state index in [9.17, 15) is 4.79 Å². The van der Waals surface area contributed by atoms with Crippen molar-refractivity contribution < 1.29 is 4.79 Å². The Bertz CT molecular complexity index is 164. The number of carbonyl (C=O) groups excluding carboxylic acids is 1. The second-order valence-electron chi connectivity index (χ2n) is 1.85. The Kier molecular flexibility index (Phi) is 5.35. The molecule has 0 atom stereocenters. The summed E-state index contributed by atoms with van der Waals surface area (Å²) in [6.07, 6.45) is 8.79. The number of allylic oxidation sites excluding steroid dienone is 5. The van der Waals surface area contributed by atoms with Crippen LogP contribution in [0.4, 0.5) is 0 Å². The molecule has 0 bridgehead atoms. The third kappa shape index (κ3) is 3.84. The molecule has 1 heteroatoms. The molecule has 0 N–H and O–H groups in total. The van der Waals surface area contributed by atoms with Crippen molar-refractivity contribution in [3.63, 3.8) is 0 Å². The first-order valence-electron chi connectivity index (χ1n) is 3.23. The van der Waals surface area contributed by atoms with Gasteiger partial charge in [0.25, 0.3) is 0 Å². The van der Waals surface area contributed by atoms with Gasteiger partial charge in [-0.1, -0.05) is 30.9 Å². The molecule has 0 aromatic heterocycles. The van der Waals surface area contributed by atoms with Crippen LogP contribution in [-0.2, 0) is 4.79 Å². The number of carbonyl (C=O) groups is 1. The van der Waals surface area contributed by atoms with E-state index in [2.05, 4.69) is 6.58 Å². The molecule has 0 fully saturated rings. The minimum Gasteiger partial charge on any atom is -0.298 e. The molecule has 0 aliphatic carbocycles. The van der Waals surface area contributed by atoms with Crippen molar-refractivity contribution >= 4 is 6.29 Å². The van der Waals surface area contributed by atoms with Crippen LogP contribution < -0.4 is 0 Å². The molecule has 0 aliphatic heterocycles. The summed E-state index contributed by atoms with van der Waals surface area (Å²) in [4.78, 5) is 10.2. The zero-order valence-corrected chi connectivity index (χ0v) is 6.21. The van der Waals surface area contributed by atoms with Gasteiger partial charge in [0.1, 0.15) is 6.29 Å². The minimum absolute atomic E-state index is 0.700. The topological polar surface area (TPSA) is 17.1 Å². The minimum atomic E-state index is 0.700. The fourth-order valence-corrected chi connectivity index (χ4v) is 0.534. The maximum Gasteiger partial charge on any atom is 0.146 e. The first-order chi connectivity index (χ1) is 4.85. The van der Waals surface area contributed by atoms with Crippen LogP contribution in [0.15, 0.2) is 36.5 Å². The monoisotopic (exact) mass is 136 g/mol. The van der Waals surface area contributed by atoms with Crippen LogP contribution in [0.3, 0.4) is 0 Å². The highest BCUT2D eigenvalue weighted by Crippen LogP contribution is 1.97. The Morgan fingerprint density at radius 2 is 2.30 bits per heavy atom. The van der Waals surface area contributed by atoms with Crippen LogP contribution in [-0.4, -0.2) is 6.29 Å². The van der Waals surface area contributed by atoms with Crippen LogP contribution in [0.2, 0.25) is 0 Å². The predicted molar refractivity (Wildman–Crippen MR) is 43.8 cm³/mol. The summed E-state index contributed by atoms with van der Waals surface area (Å²) in [6.45, 7) is 5.37. The summed E-state index contributed by atoms with van der Waals surface area (Å²) in [5, 5.41) is 0. The van der Waals surface area contributed by atoms with Crippen molar-refractivity contribution in [1.82, 2.24) is 0 Å². The van der Waals surface area contributed by atoms with Crippen molar-refractivity contribution in [2.24, 2.45) is 0 Å². The molecule has 1 nitrogen and oxygen atoms in total. The van der Waals surface area contributed by atoms with Crippen molar-refractivity contribution in [1.29, 1.82) is 0 Å². The van der Waals surface area contributed by atoms with Gasteiger partial charge < -0.3 is 0 Å². The fraction of sp³-hybridized carbons (Fsp3) is 0.222. The average Bonchev–Trinajstić information content (AvgIpc) is 1.99. The van der Waals surface area contributed by atoms with Crippen LogP contribution in [0, 0.1) is 0 Å². The second kappa shape index (κ2) is 6.02. The fourth-order valence-electron chi connectivity index (χ4n) is 0.534. The van der Waals surface area contributed by atoms with E-state index in [0.29, 0.717) is 6.42 Å². The quantitative estimate of drug-likeness (QED) is 0.329. The van der Waals surface area contributed by atoms with Crippen molar-refractivity contribution in [2.45, 2.75) is 13.3 Å². The van der Waals surface area contributed by atoms with Gasteiger partial charge in [-0.15, -0.1) is 0 Å². The van der Waals surface area contributed by atoms with Gasteiger partial charge in [0.05, 0.1) is 0 Å². The molecule has 0 aromatic carbocycles. The van der Waals surface area contributed by atoms with Crippen molar-refractivity contribution in [3.05, 3.63) is 36.5 Å². The van der Waals surface area contributed by atoms with Crippen LogP contribution in [0.1, 0.15) is 13.3 Å². The number of aldehydes is 1. The highest BCUT2D eigenvalue weighted by Gasteiger charge is 1.85. The van der Waals surface area contributed by atoms with E-state index < -0.39 is 0 Å². The van der Waals surface area contributed by atoms with Crippen LogP contribution >= 0.6 is 0 Å². The SMILES string of the molecule is C=C/C=C\C/C(C=O)=C\C. The molecule has 0 saturated carbocycles. The van der Waals surface area contributed by atoms with Crippen molar-refractivity contribution in [3.8, 4) is 0 Å². The molecule has 0 aromatic rings. The molecule has 0 unspecified atom stereocenters. The largest absolute Gasteiger partial charge is 0.298 e. The molecule has 10 heavy (non-hydrogen) atoms. The van der Waals surface area contributed by atoms with Gasteiger partial charge in [-0.25, -0.2) is 0 Å². The highest BCUT2D eigenvalue weighted by atomic mass is 16.1. The van der Waals surface area contributed by atoms with Crippen LogP contribution in [0.25, 0.3) is 0 Å². The Balaban J connectivity index is 3.76. The Hall–Kier alpha value is -1.11. The maximum absolute atomic E-state index is 10.2. The zero-order chi connectivity index (χ0) is 7.82. The zero-order valence-electron chi connectivity index (χ0n) is 6.21. The lowest BCUT2D eigenvalue weighted by atomic mass is 10.2. The number of hydrogen-bond acceptors (Lipinski definition) is 1. The normalized spacial score (nSPS) is 11.9.